The fourth-order valence-corrected chi connectivity index (χ4v) is 4.10. The van der Waals surface area contributed by atoms with Gasteiger partial charge in [-0.2, -0.15) is 0 Å². The Morgan fingerprint density at radius 1 is 1.12 bits per heavy atom. The van der Waals surface area contributed by atoms with Gasteiger partial charge in [0.1, 0.15) is 6.61 Å². The first-order chi connectivity index (χ1) is 12.7. The van der Waals surface area contributed by atoms with Gasteiger partial charge in [-0.3, -0.25) is 0 Å². The van der Waals surface area contributed by atoms with Crippen LogP contribution < -0.4 is 5.32 Å². The molecule has 5 nitrogen and oxygen atoms in total. The third kappa shape index (κ3) is 5.99. The summed E-state index contributed by atoms with van der Waals surface area (Å²) in [6.07, 6.45) is 6.46. The molecule has 0 radical (unpaired) electrons. The molecule has 1 aromatic rings. The number of carbonyl (C=O) groups is 1. The molecule has 26 heavy (non-hydrogen) atoms. The first-order valence-electron chi connectivity index (χ1n) is 9.96. The number of hydrogen-bond donors (Lipinski definition) is 1. The molecule has 1 heterocycles. The summed E-state index contributed by atoms with van der Waals surface area (Å²) < 4.78 is 10.8. The summed E-state index contributed by atoms with van der Waals surface area (Å²) in [6, 6.07) is 10.7. The van der Waals surface area contributed by atoms with Crippen LogP contribution in [0.2, 0.25) is 0 Å². The van der Waals surface area contributed by atoms with E-state index in [9.17, 15) is 4.79 Å². The molecule has 1 aliphatic carbocycles. The van der Waals surface area contributed by atoms with Crippen LogP contribution in [0.25, 0.3) is 0 Å². The maximum atomic E-state index is 12.0. The highest BCUT2D eigenvalue weighted by atomic mass is 16.5. The number of nitrogens with zero attached hydrogens (tertiary/aromatic N) is 1. The molecule has 1 N–H and O–H groups in total. The van der Waals surface area contributed by atoms with Crippen molar-refractivity contribution in [1.82, 2.24) is 10.2 Å². The van der Waals surface area contributed by atoms with Crippen LogP contribution in [0.15, 0.2) is 30.3 Å². The van der Waals surface area contributed by atoms with Crippen LogP contribution in [-0.2, 0) is 16.1 Å². The zero-order valence-electron chi connectivity index (χ0n) is 15.9. The molecule has 5 heteroatoms. The molecular weight excluding hydrogens is 328 g/mol. The number of benzene rings is 1. The third-order valence-corrected chi connectivity index (χ3v) is 5.74. The van der Waals surface area contributed by atoms with Crippen molar-refractivity contribution in [3.63, 3.8) is 0 Å². The van der Waals surface area contributed by atoms with E-state index >= 15 is 0 Å². The molecule has 0 bridgehead atoms. The number of amides is 1. The molecule has 1 saturated heterocycles. The van der Waals surface area contributed by atoms with E-state index in [1.807, 2.05) is 30.3 Å². The van der Waals surface area contributed by atoms with Crippen molar-refractivity contribution in [2.75, 3.05) is 26.8 Å². The molecule has 2 fully saturated rings. The minimum atomic E-state index is -0.295. The van der Waals surface area contributed by atoms with Crippen LogP contribution in [-0.4, -0.2) is 49.9 Å². The van der Waals surface area contributed by atoms with Gasteiger partial charge in [0.25, 0.3) is 0 Å². The van der Waals surface area contributed by atoms with Gasteiger partial charge in [0.05, 0.1) is 0 Å². The second-order valence-electron chi connectivity index (χ2n) is 7.71. The summed E-state index contributed by atoms with van der Waals surface area (Å²) in [5.41, 5.74) is 1.02. The number of rotatable bonds is 6. The second-order valence-corrected chi connectivity index (χ2v) is 7.71. The molecule has 1 aromatic carbocycles. The van der Waals surface area contributed by atoms with Gasteiger partial charge in [0.15, 0.2) is 0 Å². The lowest BCUT2D eigenvalue weighted by Gasteiger charge is -2.36. The SMILES string of the molecule is CN(C[C@H]1CC[C@H](NC(=O)OCc2ccccc2)CC1)C1CCOCC1. The molecule has 1 saturated carbocycles. The maximum Gasteiger partial charge on any atom is 0.407 e. The lowest BCUT2D eigenvalue weighted by Crippen LogP contribution is -2.42. The van der Waals surface area contributed by atoms with Gasteiger partial charge in [0.2, 0.25) is 0 Å². The molecule has 1 aliphatic heterocycles. The van der Waals surface area contributed by atoms with Crippen LogP contribution in [0, 0.1) is 5.92 Å². The first-order valence-corrected chi connectivity index (χ1v) is 9.96. The van der Waals surface area contributed by atoms with Gasteiger partial charge < -0.3 is 19.7 Å². The number of alkyl carbamates (subject to hydrolysis) is 1. The standard InChI is InChI=1S/C21H32N2O3/c1-23(20-11-13-25-14-12-20)15-17-7-9-19(10-8-17)22-21(24)26-16-18-5-3-2-4-6-18/h2-6,17,19-20H,7-16H2,1H3,(H,22,24)/t17-,19-. The highest BCUT2D eigenvalue weighted by molar-refractivity contribution is 5.67. The molecular formula is C21H32N2O3. The van der Waals surface area contributed by atoms with Gasteiger partial charge in [-0.1, -0.05) is 30.3 Å². The van der Waals surface area contributed by atoms with E-state index in [4.69, 9.17) is 9.47 Å². The number of ether oxygens (including phenoxy) is 2. The maximum absolute atomic E-state index is 12.0. The Morgan fingerprint density at radius 2 is 1.81 bits per heavy atom. The summed E-state index contributed by atoms with van der Waals surface area (Å²) in [5, 5.41) is 3.04. The fraction of sp³-hybridized carbons (Fsp3) is 0.667. The smallest absolute Gasteiger partial charge is 0.407 e. The largest absolute Gasteiger partial charge is 0.445 e. The van der Waals surface area contributed by atoms with Gasteiger partial charge in [-0.15, -0.1) is 0 Å². The van der Waals surface area contributed by atoms with E-state index in [0.29, 0.717) is 12.6 Å². The van der Waals surface area contributed by atoms with Crippen molar-refractivity contribution in [1.29, 1.82) is 0 Å². The lowest BCUT2D eigenvalue weighted by molar-refractivity contribution is 0.0356. The van der Waals surface area contributed by atoms with E-state index in [2.05, 4.69) is 17.3 Å². The highest BCUT2D eigenvalue weighted by Crippen LogP contribution is 2.26. The molecule has 0 aromatic heterocycles. The Kier molecular flexibility index (Phi) is 7.32. The number of nitrogens with one attached hydrogen (secondary N) is 1. The summed E-state index contributed by atoms with van der Waals surface area (Å²) in [4.78, 5) is 14.5. The molecule has 0 atom stereocenters. The third-order valence-electron chi connectivity index (χ3n) is 5.74. The first kappa shape index (κ1) is 19.2. The van der Waals surface area contributed by atoms with Gasteiger partial charge >= 0.3 is 6.09 Å². The number of hydrogen-bond acceptors (Lipinski definition) is 4. The average molecular weight is 360 g/mol. The Bertz CT molecular complexity index is 537. The zero-order chi connectivity index (χ0) is 18.2. The van der Waals surface area contributed by atoms with Crippen LogP contribution in [0.5, 0.6) is 0 Å². The van der Waals surface area contributed by atoms with Crippen molar-refractivity contribution < 1.29 is 14.3 Å². The lowest BCUT2D eigenvalue weighted by atomic mass is 9.85. The van der Waals surface area contributed by atoms with Gasteiger partial charge in [0, 0.05) is 31.8 Å². The Hall–Kier alpha value is -1.59. The van der Waals surface area contributed by atoms with E-state index < -0.39 is 0 Å². The Morgan fingerprint density at radius 3 is 2.50 bits per heavy atom. The summed E-state index contributed by atoms with van der Waals surface area (Å²) in [5.74, 6) is 0.737. The molecule has 0 spiro atoms. The molecule has 2 aliphatic rings. The average Bonchev–Trinajstić information content (AvgIpc) is 2.69. The zero-order valence-corrected chi connectivity index (χ0v) is 15.9. The van der Waals surface area contributed by atoms with E-state index in [-0.39, 0.29) is 12.1 Å². The minimum Gasteiger partial charge on any atom is -0.445 e. The van der Waals surface area contributed by atoms with Crippen molar-refractivity contribution in [3.8, 4) is 0 Å². The Labute approximate surface area is 157 Å². The summed E-state index contributed by atoms with van der Waals surface area (Å²) in [6.45, 7) is 3.29. The van der Waals surface area contributed by atoms with Gasteiger partial charge in [-0.05, 0) is 57.1 Å². The predicted octanol–water partition coefficient (Wildman–Crippen LogP) is 3.58. The van der Waals surface area contributed by atoms with Crippen LogP contribution >= 0.6 is 0 Å². The van der Waals surface area contributed by atoms with E-state index in [0.717, 1.165) is 56.9 Å². The van der Waals surface area contributed by atoms with Crippen molar-refractivity contribution in [2.24, 2.45) is 5.92 Å². The number of carbonyl (C=O) groups excluding carboxylic acids is 1. The van der Waals surface area contributed by atoms with Gasteiger partial charge in [-0.25, -0.2) is 4.79 Å². The topological polar surface area (TPSA) is 50.8 Å². The van der Waals surface area contributed by atoms with E-state index in [1.165, 1.54) is 12.8 Å². The monoisotopic (exact) mass is 360 g/mol. The van der Waals surface area contributed by atoms with E-state index in [1.54, 1.807) is 0 Å². The molecule has 0 unspecified atom stereocenters. The minimum absolute atomic E-state index is 0.253. The Balaban J connectivity index is 1.32. The quantitative estimate of drug-likeness (QED) is 0.842. The highest BCUT2D eigenvalue weighted by Gasteiger charge is 2.26. The van der Waals surface area contributed by atoms with Crippen molar-refractivity contribution >= 4 is 6.09 Å². The summed E-state index contributed by atoms with van der Waals surface area (Å²) >= 11 is 0. The van der Waals surface area contributed by atoms with Crippen LogP contribution in [0.1, 0.15) is 44.1 Å². The molecule has 1 amide bonds. The van der Waals surface area contributed by atoms with Crippen molar-refractivity contribution in [3.05, 3.63) is 35.9 Å². The fourth-order valence-electron chi connectivity index (χ4n) is 4.10. The van der Waals surface area contributed by atoms with Crippen LogP contribution in [0.4, 0.5) is 4.79 Å². The normalized spacial score (nSPS) is 24.4. The second kappa shape index (κ2) is 9.93. The predicted molar refractivity (Wildman–Crippen MR) is 102 cm³/mol. The summed E-state index contributed by atoms with van der Waals surface area (Å²) in [7, 11) is 2.25. The molecule has 3 rings (SSSR count). The van der Waals surface area contributed by atoms with Crippen LogP contribution in [0.3, 0.4) is 0 Å². The molecule has 144 valence electrons. The van der Waals surface area contributed by atoms with Crippen molar-refractivity contribution in [2.45, 2.75) is 57.2 Å².